The minimum absolute atomic E-state index is 0. The van der Waals surface area contributed by atoms with E-state index in [0.717, 1.165) is 16.0 Å². The summed E-state index contributed by atoms with van der Waals surface area (Å²) in [6.45, 7) is 0.0774. The van der Waals surface area contributed by atoms with Crippen molar-refractivity contribution >= 4 is 45.4 Å². The van der Waals surface area contributed by atoms with Gasteiger partial charge in [-0.2, -0.15) is 0 Å². The summed E-state index contributed by atoms with van der Waals surface area (Å²) in [6.07, 6.45) is 4.00. The maximum absolute atomic E-state index is 13.8. The van der Waals surface area contributed by atoms with Crippen molar-refractivity contribution in [2.24, 2.45) is 0 Å². The molecule has 1 fully saturated rings. The van der Waals surface area contributed by atoms with Crippen molar-refractivity contribution in [2.45, 2.75) is 17.6 Å². The van der Waals surface area contributed by atoms with Crippen LogP contribution in [0, 0.1) is 0 Å². The monoisotopic (exact) mass is 588 g/mol. The minimum atomic E-state index is -3.93. The first-order valence-electron chi connectivity index (χ1n) is 11.8. The third-order valence-corrected chi connectivity index (χ3v) is 10.6. The van der Waals surface area contributed by atoms with E-state index in [2.05, 4.69) is 9.97 Å². The van der Waals surface area contributed by atoms with Gasteiger partial charge in [0.25, 0.3) is 5.91 Å². The van der Waals surface area contributed by atoms with Crippen LogP contribution in [0.2, 0.25) is 0 Å². The zero-order valence-electron chi connectivity index (χ0n) is 20.5. The Kier molecular flexibility index (Phi) is 8.50. The first-order chi connectivity index (χ1) is 18.3. The van der Waals surface area contributed by atoms with Gasteiger partial charge in [-0.1, -0.05) is 30.3 Å². The van der Waals surface area contributed by atoms with Crippen molar-refractivity contribution in [1.29, 1.82) is 0 Å². The third kappa shape index (κ3) is 5.59. The lowest BCUT2D eigenvalue weighted by atomic mass is 9.97. The minimum Gasteiger partial charge on any atom is -0.444 e. The Balaban J connectivity index is 0.00000353. The molecule has 1 aliphatic rings. The fourth-order valence-electron chi connectivity index (χ4n) is 4.62. The molecule has 4 aromatic rings. The first kappa shape index (κ1) is 28.4. The van der Waals surface area contributed by atoms with Crippen LogP contribution < -0.4 is 5.48 Å². The molecular formula is C26H25ClN4O6S2. The number of hydroxylamine groups is 1. The van der Waals surface area contributed by atoms with E-state index in [1.54, 1.807) is 35.9 Å². The molecule has 3 aromatic heterocycles. The number of carbonyl (C=O) groups is 2. The highest BCUT2D eigenvalue weighted by Crippen LogP contribution is 2.45. The topological polar surface area (TPSA) is 143 Å². The van der Waals surface area contributed by atoms with E-state index in [-0.39, 0.29) is 49.3 Å². The molecule has 5 rings (SSSR count). The SMILES string of the molecule is Cl.O=C(CC1(c2ccc(-c3ccc(-c4cnco4)cc3)s2)CCN(C(=O)c2ccccn2)CCS1(=O)=O)NO. The molecule has 2 N–H and O–H groups in total. The van der Waals surface area contributed by atoms with Crippen molar-refractivity contribution in [2.75, 3.05) is 18.8 Å². The second-order valence-electron chi connectivity index (χ2n) is 8.89. The quantitative estimate of drug-likeness (QED) is 0.255. The molecule has 0 spiro atoms. The molecule has 1 saturated heterocycles. The number of benzene rings is 1. The fourth-order valence-corrected chi connectivity index (χ4v) is 8.23. The van der Waals surface area contributed by atoms with Crippen LogP contribution in [0.1, 0.15) is 28.2 Å². The Labute approximate surface area is 235 Å². The second kappa shape index (κ2) is 11.7. The number of hydrogen-bond acceptors (Lipinski definition) is 9. The summed E-state index contributed by atoms with van der Waals surface area (Å²) in [4.78, 5) is 36.2. The first-order valence-corrected chi connectivity index (χ1v) is 14.2. The van der Waals surface area contributed by atoms with E-state index < -0.39 is 26.9 Å². The average Bonchev–Trinajstić information content (AvgIpc) is 3.63. The number of rotatable bonds is 6. The number of thiophene rings is 1. The van der Waals surface area contributed by atoms with Crippen LogP contribution in [0.5, 0.6) is 0 Å². The number of halogens is 1. The molecule has 4 heterocycles. The number of oxazole rings is 1. The van der Waals surface area contributed by atoms with Crippen molar-refractivity contribution in [1.82, 2.24) is 20.3 Å². The van der Waals surface area contributed by atoms with Gasteiger partial charge in [0.2, 0.25) is 5.91 Å². The zero-order valence-corrected chi connectivity index (χ0v) is 23.0. The van der Waals surface area contributed by atoms with Gasteiger partial charge in [0, 0.05) is 34.6 Å². The van der Waals surface area contributed by atoms with Crippen molar-refractivity contribution < 1.29 is 27.6 Å². The summed E-state index contributed by atoms with van der Waals surface area (Å²) in [5.74, 6) is -0.887. The molecule has 0 saturated carbocycles. The summed E-state index contributed by atoms with van der Waals surface area (Å²) in [5.41, 5.74) is 3.51. The standard InChI is InChI=1S/C26H24N4O6S2.ClH/c31-24(29-33)15-26(10-12-30(13-14-38(26,34)35)25(32)20-3-1-2-11-28-20)23-9-8-22(37-23)19-6-4-18(5-7-19)21-16-27-17-36-21;/h1-9,11,16-17,33H,10,12-15H2,(H,29,31);1H. The fraction of sp³-hybridized carbons (Fsp3) is 0.231. The second-order valence-corrected chi connectivity index (χ2v) is 12.4. The van der Waals surface area contributed by atoms with Crippen LogP contribution in [-0.2, 0) is 19.4 Å². The predicted octanol–water partition coefficient (Wildman–Crippen LogP) is 3.94. The van der Waals surface area contributed by atoms with Crippen LogP contribution in [0.15, 0.2) is 77.8 Å². The number of hydrogen-bond donors (Lipinski definition) is 2. The maximum atomic E-state index is 13.8. The van der Waals surface area contributed by atoms with E-state index in [1.165, 1.54) is 28.8 Å². The van der Waals surface area contributed by atoms with Gasteiger partial charge in [-0.15, -0.1) is 23.7 Å². The van der Waals surface area contributed by atoms with Gasteiger partial charge in [-0.25, -0.2) is 18.9 Å². The number of nitrogens with zero attached hydrogens (tertiary/aromatic N) is 3. The Hall–Kier alpha value is -3.58. The smallest absolute Gasteiger partial charge is 0.272 e. The highest BCUT2D eigenvalue weighted by atomic mass is 35.5. The van der Waals surface area contributed by atoms with Gasteiger partial charge < -0.3 is 9.32 Å². The van der Waals surface area contributed by atoms with Crippen molar-refractivity contribution in [3.8, 4) is 21.8 Å². The lowest BCUT2D eigenvalue weighted by Crippen LogP contribution is -2.41. The lowest BCUT2D eigenvalue weighted by Gasteiger charge is -2.30. The Morgan fingerprint density at radius 3 is 2.51 bits per heavy atom. The average molecular weight is 589 g/mol. The molecular weight excluding hydrogens is 564 g/mol. The lowest BCUT2D eigenvalue weighted by molar-refractivity contribution is -0.129. The molecule has 13 heteroatoms. The largest absolute Gasteiger partial charge is 0.444 e. The number of pyridine rings is 1. The molecule has 2 amide bonds. The van der Waals surface area contributed by atoms with Gasteiger partial charge in [0.05, 0.1) is 18.4 Å². The Morgan fingerprint density at radius 2 is 1.85 bits per heavy atom. The third-order valence-electron chi connectivity index (χ3n) is 6.69. The van der Waals surface area contributed by atoms with Gasteiger partial charge in [0.15, 0.2) is 22.0 Å². The van der Waals surface area contributed by atoms with E-state index in [0.29, 0.717) is 10.6 Å². The molecule has 1 aromatic carbocycles. The highest BCUT2D eigenvalue weighted by molar-refractivity contribution is 7.92. The van der Waals surface area contributed by atoms with E-state index in [1.807, 2.05) is 30.3 Å². The molecule has 0 aliphatic carbocycles. The summed E-state index contributed by atoms with van der Waals surface area (Å²) in [7, 11) is -3.93. The Bertz CT molecular complexity index is 1540. The molecule has 204 valence electrons. The van der Waals surface area contributed by atoms with Crippen LogP contribution >= 0.6 is 23.7 Å². The Morgan fingerprint density at radius 1 is 1.08 bits per heavy atom. The van der Waals surface area contributed by atoms with Gasteiger partial charge in [-0.3, -0.25) is 19.8 Å². The zero-order chi connectivity index (χ0) is 26.8. The maximum Gasteiger partial charge on any atom is 0.272 e. The summed E-state index contributed by atoms with van der Waals surface area (Å²) < 4.78 is 31.3. The molecule has 0 bridgehead atoms. The molecule has 1 atom stereocenters. The number of sulfone groups is 1. The molecule has 39 heavy (non-hydrogen) atoms. The number of aromatic nitrogens is 2. The van der Waals surface area contributed by atoms with E-state index >= 15 is 0 Å². The molecule has 1 aliphatic heterocycles. The molecule has 1 unspecified atom stereocenters. The van der Waals surface area contributed by atoms with E-state index in [4.69, 9.17) is 4.42 Å². The van der Waals surface area contributed by atoms with Gasteiger partial charge >= 0.3 is 0 Å². The number of nitrogens with one attached hydrogen (secondary N) is 1. The number of carbonyl (C=O) groups excluding carboxylic acids is 2. The van der Waals surface area contributed by atoms with Crippen LogP contribution in [-0.4, -0.2) is 59.1 Å². The van der Waals surface area contributed by atoms with Crippen molar-refractivity contribution in [3.63, 3.8) is 0 Å². The summed E-state index contributed by atoms with van der Waals surface area (Å²) in [5, 5.41) is 9.27. The molecule has 0 radical (unpaired) electrons. The summed E-state index contributed by atoms with van der Waals surface area (Å²) in [6, 6.07) is 16.1. The van der Waals surface area contributed by atoms with Crippen molar-refractivity contribution in [3.05, 3.63) is 84.0 Å². The predicted molar refractivity (Wildman–Crippen MR) is 147 cm³/mol. The van der Waals surface area contributed by atoms with Crippen LogP contribution in [0.3, 0.4) is 0 Å². The number of amides is 2. The highest BCUT2D eigenvalue weighted by Gasteiger charge is 2.50. The normalized spacial score (nSPS) is 18.5. The van der Waals surface area contributed by atoms with E-state index in [9.17, 15) is 23.2 Å². The van der Waals surface area contributed by atoms with Crippen LogP contribution in [0.25, 0.3) is 21.8 Å². The van der Waals surface area contributed by atoms with Crippen LogP contribution in [0.4, 0.5) is 0 Å². The molecule has 10 nitrogen and oxygen atoms in total. The summed E-state index contributed by atoms with van der Waals surface area (Å²) >= 11 is 1.27. The van der Waals surface area contributed by atoms with Gasteiger partial charge in [-0.05, 0) is 36.2 Å². The van der Waals surface area contributed by atoms with Gasteiger partial charge in [0.1, 0.15) is 10.4 Å².